The molecule has 0 bridgehead atoms. The molecule has 1 aromatic carbocycles. The highest BCUT2D eigenvalue weighted by molar-refractivity contribution is 6.31. The molecule has 0 saturated carbocycles. The first-order chi connectivity index (χ1) is 10.5. The van der Waals surface area contributed by atoms with Crippen molar-refractivity contribution in [2.75, 3.05) is 38.5 Å². The van der Waals surface area contributed by atoms with Crippen molar-refractivity contribution < 1.29 is 9.18 Å². The molecule has 1 heterocycles. The molecule has 1 saturated heterocycles. The normalized spacial score (nSPS) is 16.3. The summed E-state index contributed by atoms with van der Waals surface area (Å²) in [7, 11) is 1.99. The number of carbonyl (C=O) groups is 1. The molecule has 0 atom stereocenters. The number of hydrogen-bond donors (Lipinski definition) is 1. The maximum atomic E-state index is 13.1. The van der Waals surface area contributed by atoms with Gasteiger partial charge in [-0.05, 0) is 25.2 Å². The van der Waals surface area contributed by atoms with Gasteiger partial charge in [0.15, 0.2) is 0 Å². The average Bonchev–Trinajstić information content (AvgIpc) is 2.52. The highest BCUT2D eigenvalue weighted by Gasteiger charge is 2.22. The first kappa shape index (κ1) is 16.3. The second-order valence-electron chi connectivity index (χ2n) is 5.04. The van der Waals surface area contributed by atoms with Crippen LogP contribution in [0.15, 0.2) is 30.0 Å². The molecule has 2 rings (SSSR count). The van der Waals surface area contributed by atoms with Crippen LogP contribution in [-0.2, 0) is 4.79 Å². The Balaban J connectivity index is 2.05. The topological polar surface area (TPSA) is 59.4 Å². The number of nitrogens with one attached hydrogen (secondary N) is 1. The third-order valence-corrected chi connectivity index (χ3v) is 3.73. The summed E-state index contributed by atoms with van der Waals surface area (Å²) in [6, 6.07) is 5.98. The number of nitriles is 1. The molecule has 0 spiro atoms. The van der Waals surface area contributed by atoms with Crippen LogP contribution in [-0.4, -0.2) is 48.9 Å². The lowest BCUT2D eigenvalue weighted by molar-refractivity contribution is -0.128. The molecule has 0 radical (unpaired) electrons. The minimum absolute atomic E-state index is 0.00463. The standard InChI is InChI=1S/C15H16ClFN4O/c1-20-4-6-21(7-5-20)15(22)11(9-18)10-19-12-2-3-14(17)13(16)8-12/h2-3,8,10,19H,4-7H2,1H3/b11-10-. The fourth-order valence-electron chi connectivity index (χ4n) is 2.06. The molecule has 22 heavy (non-hydrogen) atoms. The Bertz CT molecular complexity index is 633. The third kappa shape index (κ3) is 3.97. The van der Waals surface area contributed by atoms with Crippen molar-refractivity contribution in [1.29, 1.82) is 5.26 Å². The van der Waals surface area contributed by atoms with Crippen LogP contribution in [0.3, 0.4) is 0 Å². The van der Waals surface area contributed by atoms with Gasteiger partial charge >= 0.3 is 0 Å². The number of amides is 1. The number of anilines is 1. The Morgan fingerprint density at radius 3 is 2.68 bits per heavy atom. The maximum Gasteiger partial charge on any atom is 0.266 e. The van der Waals surface area contributed by atoms with E-state index < -0.39 is 5.82 Å². The molecule has 116 valence electrons. The molecule has 0 aromatic heterocycles. The van der Waals surface area contributed by atoms with Crippen LogP contribution < -0.4 is 5.32 Å². The molecule has 0 aliphatic carbocycles. The van der Waals surface area contributed by atoms with E-state index in [2.05, 4.69) is 10.2 Å². The summed E-state index contributed by atoms with van der Waals surface area (Å²) in [5, 5.41) is 11.9. The van der Waals surface area contributed by atoms with E-state index in [9.17, 15) is 9.18 Å². The van der Waals surface area contributed by atoms with Crippen molar-refractivity contribution in [2.45, 2.75) is 0 Å². The van der Waals surface area contributed by atoms with Crippen LogP contribution in [0.25, 0.3) is 0 Å². The van der Waals surface area contributed by atoms with Gasteiger partial charge < -0.3 is 15.1 Å². The van der Waals surface area contributed by atoms with Crippen LogP contribution >= 0.6 is 11.6 Å². The van der Waals surface area contributed by atoms with Crippen molar-refractivity contribution in [3.8, 4) is 6.07 Å². The van der Waals surface area contributed by atoms with E-state index in [1.807, 2.05) is 13.1 Å². The molecular weight excluding hydrogens is 307 g/mol. The summed E-state index contributed by atoms with van der Waals surface area (Å²) in [5.41, 5.74) is 0.510. The van der Waals surface area contributed by atoms with Gasteiger partial charge in [0.05, 0.1) is 5.02 Å². The SMILES string of the molecule is CN1CCN(C(=O)/C(C#N)=C\Nc2ccc(F)c(Cl)c2)CC1. The maximum absolute atomic E-state index is 13.1. The summed E-state index contributed by atoms with van der Waals surface area (Å²) >= 11 is 5.68. The number of nitrogens with zero attached hydrogens (tertiary/aromatic N) is 3. The number of rotatable bonds is 3. The molecule has 1 fully saturated rings. The molecule has 1 aliphatic rings. The zero-order valence-electron chi connectivity index (χ0n) is 12.1. The van der Waals surface area contributed by atoms with Crippen molar-refractivity contribution in [2.24, 2.45) is 0 Å². The van der Waals surface area contributed by atoms with Crippen LogP contribution in [0.5, 0.6) is 0 Å². The van der Waals surface area contributed by atoms with Crippen molar-refractivity contribution in [3.63, 3.8) is 0 Å². The van der Waals surface area contributed by atoms with E-state index >= 15 is 0 Å². The summed E-state index contributed by atoms with van der Waals surface area (Å²) < 4.78 is 13.1. The highest BCUT2D eigenvalue weighted by Crippen LogP contribution is 2.19. The second kappa shape index (κ2) is 7.25. The number of likely N-dealkylation sites (N-methyl/N-ethyl adjacent to an activating group) is 1. The van der Waals surface area contributed by atoms with Gasteiger partial charge in [-0.1, -0.05) is 11.6 Å². The minimum atomic E-state index is -0.523. The molecule has 1 amide bonds. The first-order valence-electron chi connectivity index (χ1n) is 6.81. The van der Waals surface area contributed by atoms with Crippen LogP contribution in [0.2, 0.25) is 5.02 Å². The number of piperazine rings is 1. The predicted molar refractivity (Wildman–Crippen MR) is 82.8 cm³/mol. The van der Waals surface area contributed by atoms with Gasteiger partial charge in [-0.2, -0.15) is 5.26 Å². The summed E-state index contributed by atoms with van der Waals surface area (Å²) in [5.74, 6) is -0.832. The Hall–Kier alpha value is -2.10. The van der Waals surface area contributed by atoms with Gasteiger partial charge in [-0.25, -0.2) is 4.39 Å². The van der Waals surface area contributed by atoms with Gasteiger partial charge in [0.2, 0.25) is 0 Å². The Morgan fingerprint density at radius 2 is 2.09 bits per heavy atom. The number of halogens is 2. The average molecular weight is 323 g/mol. The van der Waals surface area contributed by atoms with Gasteiger partial charge in [0, 0.05) is 38.1 Å². The first-order valence-corrected chi connectivity index (χ1v) is 7.18. The van der Waals surface area contributed by atoms with Crippen molar-refractivity contribution in [1.82, 2.24) is 9.80 Å². The molecule has 0 unspecified atom stereocenters. The Kier molecular flexibility index (Phi) is 5.36. The van der Waals surface area contributed by atoms with Crippen molar-refractivity contribution in [3.05, 3.63) is 40.8 Å². The van der Waals surface area contributed by atoms with E-state index in [4.69, 9.17) is 16.9 Å². The third-order valence-electron chi connectivity index (χ3n) is 3.44. The van der Waals surface area contributed by atoms with E-state index in [0.717, 1.165) is 13.1 Å². The molecular formula is C15H16ClFN4O. The highest BCUT2D eigenvalue weighted by atomic mass is 35.5. The lowest BCUT2D eigenvalue weighted by Gasteiger charge is -2.32. The molecule has 7 heteroatoms. The predicted octanol–water partition coefficient (Wildman–Crippen LogP) is 2.07. The lowest BCUT2D eigenvalue weighted by Crippen LogP contribution is -2.47. The summed E-state index contributed by atoms with van der Waals surface area (Å²) in [4.78, 5) is 16.0. The van der Waals surface area contributed by atoms with Crippen molar-refractivity contribution >= 4 is 23.2 Å². The van der Waals surface area contributed by atoms with Gasteiger partial charge in [-0.15, -0.1) is 0 Å². The number of hydrogen-bond acceptors (Lipinski definition) is 4. The quantitative estimate of drug-likeness (QED) is 0.683. The molecule has 1 aliphatic heterocycles. The fourth-order valence-corrected chi connectivity index (χ4v) is 2.24. The second-order valence-corrected chi connectivity index (χ2v) is 5.45. The summed E-state index contributed by atoms with van der Waals surface area (Å²) in [6.45, 7) is 2.75. The van der Waals surface area contributed by atoms with Crippen LogP contribution in [0.4, 0.5) is 10.1 Å². The number of carbonyl (C=O) groups excluding carboxylic acids is 1. The van der Waals surface area contributed by atoms with E-state index in [-0.39, 0.29) is 16.5 Å². The fraction of sp³-hybridized carbons (Fsp3) is 0.333. The van der Waals surface area contributed by atoms with Crippen LogP contribution in [0.1, 0.15) is 0 Å². The molecule has 1 N–H and O–H groups in total. The Morgan fingerprint density at radius 1 is 1.41 bits per heavy atom. The van der Waals surface area contributed by atoms with Gasteiger partial charge in [0.25, 0.3) is 5.91 Å². The van der Waals surface area contributed by atoms with Gasteiger partial charge in [0.1, 0.15) is 17.5 Å². The number of benzene rings is 1. The minimum Gasteiger partial charge on any atom is -0.360 e. The molecule has 1 aromatic rings. The van der Waals surface area contributed by atoms with Crippen LogP contribution in [0, 0.1) is 17.1 Å². The van der Waals surface area contributed by atoms with E-state index in [1.54, 1.807) is 4.90 Å². The van der Waals surface area contributed by atoms with E-state index in [1.165, 1.54) is 24.4 Å². The monoisotopic (exact) mass is 322 g/mol. The smallest absolute Gasteiger partial charge is 0.266 e. The zero-order valence-corrected chi connectivity index (χ0v) is 12.9. The van der Waals surface area contributed by atoms with Gasteiger partial charge in [-0.3, -0.25) is 4.79 Å². The van der Waals surface area contributed by atoms with E-state index in [0.29, 0.717) is 18.8 Å². The largest absolute Gasteiger partial charge is 0.360 e. The molecule has 5 nitrogen and oxygen atoms in total. The zero-order chi connectivity index (χ0) is 16.1. The Labute approximate surface area is 133 Å². The lowest BCUT2D eigenvalue weighted by atomic mass is 10.2. The summed E-state index contributed by atoms with van der Waals surface area (Å²) in [6.07, 6.45) is 1.32.